The van der Waals surface area contributed by atoms with Crippen molar-refractivity contribution < 1.29 is 4.79 Å². The lowest BCUT2D eigenvalue weighted by molar-refractivity contribution is -0.115. The molecular weight excluding hydrogens is 152 g/mol. The van der Waals surface area contributed by atoms with E-state index in [-0.39, 0.29) is 5.91 Å². The first-order valence-electron chi connectivity index (χ1n) is 3.64. The predicted octanol–water partition coefficient (Wildman–Crippen LogP) is 0.841. The van der Waals surface area contributed by atoms with Crippen LogP contribution in [0, 0.1) is 0 Å². The second-order valence-corrected chi connectivity index (χ2v) is 2.20. The number of carbonyl (C=O) groups excluding carboxylic acids is 1. The zero-order valence-electron chi connectivity index (χ0n) is 6.82. The Kier molecular flexibility index (Phi) is 3.02. The molecule has 0 aliphatic carbocycles. The molecule has 0 radical (unpaired) electrons. The highest BCUT2D eigenvalue weighted by Gasteiger charge is 1.88. The van der Waals surface area contributed by atoms with E-state index in [4.69, 9.17) is 0 Å². The molecule has 3 nitrogen and oxygen atoms in total. The van der Waals surface area contributed by atoms with E-state index in [2.05, 4.69) is 10.3 Å². The highest BCUT2D eigenvalue weighted by atomic mass is 16.1. The third kappa shape index (κ3) is 2.54. The van der Waals surface area contributed by atoms with Crippen LogP contribution in [0.15, 0.2) is 30.5 Å². The summed E-state index contributed by atoms with van der Waals surface area (Å²) >= 11 is 0. The number of nitrogens with zero attached hydrogens (tertiary/aromatic N) is 1. The van der Waals surface area contributed by atoms with Crippen molar-refractivity contribution in [2.45, 2.75) is 0 Å². The number of rotatable bonds is 2. The molecule has 1 aromatic heterocycles. The van der Waals surface area contributed by atoms with Gasteiger partial charge in [-0.3, -0.25) is 9.78 Å². The summed E-state index contributed by atoms with van der Waals surface area (Å²) in [6.45, 7) is 0. The van der Waals surface area contributed by atoms with E-state index in [1.54, 1.807) is 19.3 Å². The SMILES string of the molecule is CNC(=O)/C=C\c1ccccn1. The van der Waals surface area contributed by atoms with Crippen LogP contribution in [-0.2, 0) is 4.79 Å². The van der Waals surface area contributed by atoms with Crippen molar-refractivity contribution in [1.82, 2.24) is 10.3 Å². The third-order valence-corrected chi connectivity index (χ3v) is 1.34. The van der Waals surface area contributed by atoms with Gasteiger partial charge in [0, 0.05) is 19.3 Å². The minimum Gasteiger partial charge on any atom is -0.356 e. The number of pyridine rings is 1. The standard InChI is InChI=1S/C9H10N2O/c1-10-9(12)6-5-8-4-2-3-7-11-8/h2-7H,1H3,(H,10,12)/b6-5-. The van der Waals surface area contributed by atoms with E-state index >= 15 is 0 Å². The quantitative estimate of drug-likeness (QED) is 0.655. The predicted molar refractivity (Wildman–Crippen MR) is 47.3 cm³/mol. The molecule has 0 aliphatic rings. The third-order valence-electron chi connectivity index (χ3n) is 1.34. The van der Waals surface area contributed by atoms with Crippen molar-refractivity contribution in [2.24, 2.45) is 0 Å². The van der Waals surface area contributed by atoms with Crippen LogP contribution in [0.25, 0.3) is 6.08 Å². The number of aromatic nitrogens is 1. The Bertz CT molecular complexity index is 280. The maximum Gasteiger partial charge on any atom is 0.243 e. The van der Waals surface area contributed by atoms with Gasteiger partial charge in [0.2, 0.25) is 5.91 Å². The van der Waals surface area contributed by atoms with Gasteiger partial charge >= 0.3 is 0 Å². The van der Waals surface area contributed by atoms with Crippen molar-refractivity contribution in [3.8, 4) is 0 Å². The molecule has 0 saturated carbocycles. The van der Waals surface area contributed by atoms with Crippen molar-refractivity contribution >= 4 is 12.0 Å². The minimum atomic E-state index is -0.124. The number of amides is 1. The van der Waals surface area contributed by atoms with Gasteiger partial charge in [-0.05, 0) is 18.2 Å². The molecule has 1 amide bonds. The molecular formula is C9H10N2O. The normalized spacial score (nSPS) is 10.1. The number of hydrogen-bond donors (Lipinski definition) is 1. The summed E-state index contributed by atoms with van der Waals surface area (Å²) in [6, 6.07) is 5.53. The van der Waals surface area contributed by atoms with Gasteiger partial charge in [-0.25, -0.2) is 0 Å². The molecule has 1 aromatic rings. The van der Waals surface area contributed by atoms with E-state index in [9.17, 15) is 4.79 Å². The van der Waals surface area contributed by atoms with E-state index in [1.807, 2.05) is 18.2 Å². The minimum absolute atomic E-state index is 0.124. The van der Waals surface area contributed by atoms with Crippen LogP contribution in [0.1, 0.15) is 5.69 Å². The Morgan fingerprint density at radius 3 is 3.00 bits per heavy atom. The zero-order chi connectivity index (χ0) is 8.81. The maximum absolute atomic E-state index is 10.8. The largest absolute Gasteiger partial charge is 0.356 e. The summed E-state index contributed by atoms with van der Waals surface area (Å²) < 4.78 is 0. The Hall–Kier alpha value is -1.64. The van der Waals surface area contributed by atoms with Crippen LogP contribution in [0.4, 0.5) is 0 Å². The molecule has 0 aromatic carbocycles. The maximum atomic E-state index is 10.8. The van der Waals surface area contributed by atoms with Gasteiger partial charge in [0.15, 0.2) is 0 Å². The van der Waals surface area contributed by atoms with E-state index < -0.39 is 0 Å². The van der Waals surface area contributed by atoms with Crippen LogP contribution in [0.3, 0.4) is 0 Å². The second kappa shape index (κ2) is 4.28. The van der Waals surface area contributed by atoms with Crippen molar-refractivity contribution in [3.63, 3.8) is 0 Å². The summed E-state index contributed by atoms with van der Waals surface area (Å²) in [5.74, 6) is -0.124. The van der Waals surface area contributed by atoms with Crippen LogP contribution in [0.2, 0.25) is 0 Å². The Morgan fingerprint density at radius 2 is 2.42 bits per heavy atom. The topological polar surface area (TPSA) is 42.0 Å². The second-order valence-electron chi connectivity index (χ2n) is 2.20. The average Bonchev–Trinajstić information content (AvgIpc) is 2.16. The smallest absolute Gasteiger partial charge is 0.243 e. The first-order chi connectivity index (χ1) is 5.83. The molecule has 1 rings (SSSR count). The van der Waals surface area contributed by atoms with Gasteiger partial charge in [-0.1, -0.05) is 6.07 Å². The van der Waals surface area contributed by atoms with Gasteiger partial charge in [0.05, 0.1) is 5.69 Å². The molecule has 0 aliphatic heterocycles. The summed E-state index contributed by atoms with van der Waals surface area (Å²) in [6.07, 6.45) is 4.80. The van der Waals surface area contributed by atoms with E-state index in [1.165, 1.54) is 6.08 Å². The fourth-order valence-electron chi connectivity index (χ4n) is 0.719. The van der Waals surface area contributed by atoms with Crippen LogP contribution in [-0.4, -0.2) is 17.9 Å². The highest BCUT2D eigenvalue weighted by molar-refractivity contribution is 5.91. The van der Waals surface area contributed by atoms with Crippen LogP contribution >= 0.6 is 0 Å². The fraction of sp³-hybridized carbons (Fsp3) is 0.111. The molecule has 0 atom stereocenters. The van der Waals surface area contributed by atoms with Crippen LogP contribution < -0.4 is 5.32 Å². The van der Waals surface area contributed by atoms with E-state index in [0.717, 1.165) is 5.69 Å². The lowest BCUT2D eigenvalue weighted by Gasteiger charge is -1.90. The molecule has 0 bridgehead atoms. The molecule has 0 unspecified atom stereocenters. The zero-order valence-corrected chi connectivity index (χ0v) is 6.82. The molecule has 0 saturated heterocycles. The first-order valence-corrected chi connectivity index (χ1v) is 3.64. The van der Waals surface area contributed by atoms with Crippen molar-refractivity contribution in [3.05, 3.63) is 36.2 Å². The number of nitrogens with one attached hydrogen (secondary N) is 1. The molecule has 1 heterocycles. The van der Waals surface area contributed by atoms with Crippen molar-refractivity contribution in [2.75, 3.05) is 7.05 Å². The lowest BCUT2D eigenvalue weighted by atomic mass is 10.3. The number of hydrogen-bond acceptors (Lipinski definition) is 2. The molecule has 1 N–H and O–H groups in total. The lowest BCUT2D eigenvalue weighted by Crippen LogP contribution is -2.13. The molecule has 62 valence electrons. The fourth-order valence-corrected chi connectivity index (χ4v) is 0.719. The van der Waals surface area contributed by atoms with Crippen molar-refractivity contribution in [1.29, 1.82) is 0 Å². The van der Waals surface area contributed by atoms with Gasteiger partial charge in [0.25, 0.3) is 0 Å². The summed E-state index contributed by atoms with van der Waals surface area (Å²) in [5.41, 5.74) is 0.779. The Labute approximate surface area is 71.1 Å². The summed E-state index contributed by atoms with van der Waals surface area (Å²) in [5, 5.41) is 2.48. The Balaban J connectivity index is 2.64. The first kappa shape index (κ1) is 8.46. The molecule has 0 fully saturated rings. The summed E-state index contributed by atoms with van der Waals surface area (Å²) in [4.78, 5) is 14.8. The molecule has 0 spiro atoms. The monoisotopic (exact) mass is 162 g/mol. The van der Waals surface area contributed by atoms with E-state index in [0.29, 0.717) is 0 Å². The Morgan fingerprint density at radius 1 is 1.58 bits per heavy atom. The van der Waals surface area contributed by atoms with Gasteiger partial charge in [0.1, 0.15) is 0 Å². The highest BCUT2D eigenvalue weighted by Crippen LogP contribution is 1.95. The average molecular weight is 162 g/mol. The molecule has 3 heteroatoms. The number of carbonyl (C=O) groups is 1. The molecule has 12 heavy (non-hydrogen) atoms. The summed E-state index contributed by atoms with van der Waals surface area (Å²) in [7, 11) is 1.59. The number of likely N-dealkylation sites (N-methyl/N-ethyl adjacent to an activating group) is 1. The van der Waals surface area contributed by atoms with Gasteiger partial charge in [-0.2, -0.15) is 0 Å². The van der Waals surface area contributed by atoms with Gasteiger partial charge in [-0.15, -0.1) is 0 Å². The van der Waals surface area contributed by atoms with Gasteiger partial charge < -0.3 is 5.32 Å². The van der Waals surface area contributed by atoms with Crippen LogP contribution in [0.5, 0.6) is 0 Å².